The molecule has 2 rings (SSSR count). The summed E-state index contributed by atoms with van der Waals surface area (Å²) in [5, 5.41) is 8.93. The summed E-state index contributed by atoms with van der Waals surface area (Å²) in [6, 6.07) is 7.34. The standard InChI is InChI=1S/C14H15N3O2/c1-14(2,9-12(18)19)13-16-8-6-11(17-13)10-5-3-4-7-15-10/h3-8H,9H2,1-2H3,(H,18,19). The van der Waals surface area contributed by atoms with Crippen LogP contribution in [0.15, 0.2) is 36.7 Å². The predicted molar refractivity (Wildman–Crippen MR) is 70.5 cm³/mol. The predicted octanol–water partition coefficient (Wildman–Crippen LogP) is 2.29. The summed E-state index contributed by atoms with van der Waals surface area (Å²) in [5.74, 6) is -0.352. The van der Waals surface area contributed by atoms with Crippen molar-refractivity contribution in [3.8, 4) is 11.4 Å². The fourth-order valence-electron chi connectivity index (χ4n) is 1.80. The number of carboxylic acid groups (broad SMARTS) is 1. The Hall–Kier alpha value is -2.30. The first-order chi connectivity index (χ1) is 8.99. The summed E-state index contributed by atoms with van der Waals surface area (Å²) in [5.41, 5.74) is 0.831. The first-order valence-electron chi connectivity index (χ1n) is 5.96. The van der Waals surface area contributed by atoms with Gasteiger partial charge >= 0.3 is 5.97 Å². The molecule has 0 spiro atoms. The second-order valence-corrected chi connectivity index (χ2v) is 4.93. The van der Waals surface area contributed by atoms with Gasteiger partial charge in [0, 0.05) is 17.8 Å². The molecule has 2 aromatic heterocycles. The van der Waals surface area contributed by atoms with Crippen LogP contribution in [0.1, 0.15) is 26.1 Å². The van der Waals surface area contributed by atoms with Gasteiger partial charge < -0.3 is 5.11 Å². The van der Waals surface area contributed by atoms with E-state index < -0.39 is 11.4 Å². The maximum atomic E-state index is 10.9. The number of pyridine rings is 1. The van der Waals surface area contributed by atoms with Crippen LogP contribution in [0.4, 0.5) is 0 Å². The van der Waals surface area contributed by atoms with Crippen LogP contribution in [0.5, 0.6) is 0 Å². The summed E-state index contributed by atoms with van der Waals surface area (Å²) in [7, 11) is 0. The van der Waals surface area contributed by atoms with Crippen molar-refractivity contribution in [1.82, 2.24) is 15.0 Å². The summed E-state index contributed by atoms with van der Waals surface area (Å²) < 4.78 is 0. The zero-order valence-electron chi connectivity index (χ0n) is 10.9. The molecule has 19 heavy (non-hydrogen) atoms. The molecular formula is C14H15N3O2. The smallest absolute Gasteiger partial charge is 0.304 e. The number of aromatic nitrogens is 3. The second-order valence-electron chi connectivity index (χ2n) is 4.93. The van der Waals surface area contributed by atoms with Gasteiger partial charge in [0.2, 0.25) is 0 Å². The van der Waals surface area contributed by atoms with Gasteiger partial charge in [-0.1, -0.05) is 19.9 Å². The Kier molecular flexibility index (Phi) is 3.55. The van der Waals surface area contributed by atoms with Gasteiger partial charge in [-0.25, -0.2) is 9.97 Å². The monoisotopic (exact) mass is 257 g/mol. The van der Waals surface area contributed by atoms with E-state index in [1.54, 1.807) is 18.5 Å². The van der Waals surface area contributed by atoms with Gasteiger partial charge in [-0.15, -0.1) is 0 Å². The number of aliphatic carboxylic acids is 1. The zero-order chi connectivity index (χ0) is 13.9. The van der Waals surface area contributed by atoms with Crippen LogP contribution in [-0.4, -0.2) is 26.0 Å². The average molecular weight is 257 g/mol. The molecule has 5 nitrogen and oxygen atoms in total. The summed E-state index contributed by atoms with van der Waals surface area (Å²) in [4.78, 5) is 23.7. The molecule has 0 amide bonds. The van der Waals surface area contributed by atoms with E-state index in [-0.39, 0.29) is 6.42 Å². The van der Waals surface area contributed by atoms with Crippen LogP contribution in [0.25, 0.3) is 11.4 Å². The highest BCUT2D eigenvalue weighted by Crippen LogP contribution is 2.25. The number of hydrogen-bond acceptors (Lipinski definition) is 4. The van der Waals surface area contributed by atoms with E-state index in [2.05, 4.69) is 15.0 Å². The Labute approximate surface area is 111 Å². The van der Waals surface area contributed by atoms with Crippen LogP contribution in [-0.2, 0) is 10.2 Å². The largest absolute Gasteiger partial charge is 0.481 e. The van der Waals surface area contributed by atoms with Gasteiger partial charge in [0.25, 0.3) is 0 Å². The Morgan fingerprint density at radius 1 is 1.16 bits per heavy atom. The Morgan fingerprint density at radius 3 is 2.58 bits per heavy atom. The van der Waals surface area contributed by atoms with Crippen LogP contribution in [0.2, 0.25) is 0 Å². The lowest BCUT2D eigenvalue weighted by atomic mass is 9.88. The van der Waals surface area contributed by atoms with Gasteiger partial charge in [0.05, 0.1) is 17.8 Å². The lowest BCUT2D eigenvalue weighted by Crippen LogP contribution is -2.24. The van der Waals surface area contributed by atoms with Crippen LogP contribution in [0, 0.1) is 0 Å². The van der Waals surface area contributed by atoms with Crippen molar-refractivity contribution in [3.63, 3.8) is 0 Å². The molecule has 1 N–H and O–H groups in total. The lowest BCUT2D eigenvalue weighted by molar-refractivity contribution is -0.138. The number of carboxylic acids is 1. The maximum absolute atomic E-state index is 10.9. The number of hydrogen-bond donors (Lipinski definition) is 1. The topological polar surface area (TPSA) is 76.0 Å². The van der Waals surface area contributed by atoms with Gasteiger partial charge in [0.1, 0.15) is 5.82 Å². The van der Waals surface area contributed by atoms with Crippen LogP contribution in [0.3, 0.4) is 0 Å². The molecule has 2 heterocycles. The van der Waals surface area contributed by atoms with Crippen molar-refractivity contribution in [2.75, 3.05) is 0 Å². The molecule has 0 aliphatic carbocycles. The van der Waals surface area contributed by atoms with E-state index in [1.165, 1.54) is 0 Å². The highest BCUT2D eigenvalue weighted by atomic mass is 16.4. The van der Waals surface area contributed by atoms with Crippen LogP contribution >= 0.6 is 0 Å². The minimum absolute atomic E-state index is 0.0152. The highest BCUT2D eigenvalue weighted by Gasteiger charge is 2.27. The third-order valence-corrected chi connectivity index (χ3v) is 2.78. The third kappa shape index (κ3) is 3.13. The second kappa shape index (κ2) is 5.14. The Balaban J connectivity index is 2.37. The fraction of sp³-hybridized carbons (Fsp3) is 0.286. The third-order valence-electron chi connectivity index (χ3n) is 2.78. The average Bonchev–Trinajstić information content (AvgIpc) is 2.38. The number of rotatable bonds is 4. The minimum Gasteiger partial charge on any atom is -0.481 e. The molecule has 0 bridgehead atoms. The highest BCUT2D eigenvalue weighted by molar-refractivity contribution is 5.68. The van der Waals surface area contributed by atoms with Crippen molar-refractivity contribution in [2.45, 2.75) is 25.7 Å². The molecule has 0 aliphatic heterocycles. The molecule has 0 atom stereocenters. The number of nitrogens with zero attached hydrogens (tertiary/aromatic N) is 3. The van der Waals surface area contributed by atoms with Crippen molar-refractivity contribution in [2.24, 2.45) is 0 Å². The lowest BCUT2D eigenvalue weighted by Gasteiger charge is -2.20. The summed E-state index contributed by atoms with van der Waals surface area (Å²) in [6.07, 6.45) is 3.31. The van der Waals surface area contributed by atoms with Gasteiger partial charge in [-0.3, -0.25) is 9.78 Å². The van der Waals surface area contributed by atoms with Crippen LogP contribution < -0.4 is 0 Å². The molecule has 98 valence electrons. The minimum atomic E-state index is -0.864. The first kappa shape index (κ1) is 13.1. The quantitative estimate of drug-likeness (QED) is 0.909. The summed E-state index contributed by atoms with van der Waals surface area (Å²) >= 11 is 0. The summed E-state index contributed by atoms with van der Waals surface area (Å²) in [6.45, 7) is 3.64. The molecule has 0 aromatic carbocycles. The molecule has 0 unspecified atom stereocenters. The van der Waals surface area contributed by atoms with Gasteiger partial charge in [-0.05, 0) is 18.2 Å². The van der Waals surface area contributed by atoms with Crippen molar-refractivity contribution in [3.05, 3.63) is 42.5 Å². The van der Waals surface area contributed by atoms with Gasteiger partial charge in [0.15, 0.2) is 0 Å². The van der Waals surface area contributed by atoms with Crippen molar-refractivity contribution < 1.29 is 9.90 Å². The van der Waals surface area contributed by atoms with E-state index in [0.717, 1.165) is 5.69 Å². The fourth-order valence-corrected chi connectivity index (χ4v) is 1.80. The van der Waals surface area contributed by atoms with E-state index in [4.69, 9.17) is 5.11 Å². The first-order valence-corrected chi connectivity index (χ1v) is 5.96. The van der Waals surface area contributed by atoms with Gasteiger partial charge in [-0.2, -0.15) is 0 Å². The molecule has 0 aliphatic rings. The Morgan fingerprint density at radius 2 is 1.95 bits per heavy atom. The van der Waals surface area contributed by atoms with E-state index in [0.29, 0.717) is 11.5 Å². The molecular weight excluding hydrogens is 242 g/mol. The van der Waals surface area contributed by atoms with E-state index in [1.807, 2.05) is 32.0 Å². The molecule has 0 saturated heterocycles. The number of carbonyl (C=O) groups is 1. The van der Waals surface area contributed by atoms with E-state index in [9.17, 15) is 4.79 Å². The zero-order valence-corrected chi connectivity index (χ0v) is 10.9. The molecule has 0 fully saturated rings. The van der Waals surface area contributed by atoms with Crippen molar-refractivity contribution >= 4 is 5.97 Å². The SMILES string of the molecule is CC(C)(CC(=O)O)c1nccc(-c2ccccn2)n1. The maximum Gasteiger partial charge on any atom is 0.304 e. The Bertz CT molecular complexity index is 582. The molecule has 5 heteroatoms. The molecule has 2 aromatic rings. The molecule has 0 radical (unpaired) electrons. The molecule has 0 saturated carbocycles. The van der Waals surface area contributed by atoms with Crippen molar-refractivity contribution in [1.29, 1.82) is 0 Å². The van der Waals surface area contributed by atoms with E-state index >= 15 is 0 Å². The normalized spacial score (nSPS) is 11.3.